The van der Waals surface area contributed by atoms with Gasteiger partial charge in [0, 0.05) is 36.8 Å². The highest BCUT2D eigenvalue weighted by Crippen LogP contribution is 2.26. The Morgan fingerprint density at radius 2 is 1.64 bits per heavy atom. The van der Waals surface area contributed by atoms with E-state index in [1.807, 2.05) is 9.80 Å². The van der Waals surface area contributed by atoms with E-state index in [1.165, 1.54) is 6.42 Å². The average Bonchev–Trinajstić information content (AvgIpc) is 2.60. The molecule has 0 aliphatic carbocycles. The zero-order valence-corrected chi connectivity index (χ0v) is 15.8. The highest BCUT2D eigenvalue weighted by molar-refractivity contribution is 6.30. The number of benzene rings is 1. The van der Waals surface area contributed by atoms with E-state index in [4.69, 9.17) is 11.6 Å². The summed E-state index contributed by atoms with van der Waals surface area (Å²) in [7, 11) is 0. The molecule has 3 atom stereocenters. The summed E-state index contributed by atoms with van der Waals surface area (Å²) in [6.45, 7) is 7.38. The molecule has 25 heavy (non-hydrogen) atoms. The second-order valence-corrected chi connectivity index (χ2v) is 8.22. The van der Waals surface area contributed by atoms with Crippen molar-refractivity contribution in [3.8, 4) is 0 Å². The molecule has 0 aromatic heterocycles. The fourth-order valence-electron chi connectivity index (χ4n) is 4.24. The van der Waals surface area contributed by atoms with Gasteiger partial charge < -0.3 is 9.80 Å². The Morgan fingerprint density at radius 1 is 1.00 bits per heavy atom. The lowest BCUT2D eigenvalue weighted by Crippen LogP contribution is -2.50. The van der Waals surface area contributed by atoms with Gasteiger partial charge in [0.1, 0.15) is 0 Å². The topological polar surface area (TPSA) is 40.6 Å². The number of piperidine rings is 2. The van der Waals surface area contributed by atoms with Gasteiger partial charge in [0.25, 0.3) is 5.91 Å². The van der Waals surface area contributed by atoms with Crippen LogP contribution in [0.25, 0.3) is 0 Å². The second-order valence-electron chi connectivity index (χ2n) is 7.79. The first kappa shape index (κ1) is 18.2. The minimum Gasteiger partial charge on any atom is -0.342 e. The van der Waals surface area contributed by atoms with Crippen LogP contribution in [-0.2, 0) is 4.79 Å². The average molecular weight is 363 g/mol. The number of carbonyl (C=O) groups excluding carboxylic acids is 2. The Labute approximate surface area is 155 Å². The van der Waals surface area contributed by atoms with E-state index in [9.17, 15) is 9.59 Å². The molecule has 0 unspecified atom stereocenters. The van der Waals surface area contributed by atoms with Gasteiger partial charge in [0.05, 0.1) is 5.92 Å². The first-order valence-electron chi connectivity index (χ1n) is 9.27. The maximum absolute atomic E-state index is 13.0. The van der Waals surface area contributed by atoms with E-state index in [0.29, 0.717) is 29.0 Å². The van der Waals surface area contributed by atoms with Crippen molar-refractivity contribution in [2.24, 2.45) is 17.8 Å². The largest absolute Gasteiger partial charge is 0.342 e. The van der Waals surface area contributed by atoms with Crippen LogP contribution in [0.1, 0.15) is 43.5 Å². The molecule has 4 nitrogen and oxygen atoms in total. The third-order valence-corrected chi connectivity index (χ3v) is 5.58. The van der Waals surface area contributed by atoms with Crippen molar-refractivity contribution in [3.63, 3.8) is 0 Å². The van der Waals surface area contributed by atoms with Gasteiger partial charge in [-0.05, 0) is 55.4 Å². The Balaban J connectivity index is 1.65. The number of likely N-dealkylation sites (tertiary alicyclic amines) is 2. The normalized spacial score (nSPS) is 27.2. The van der Waals surface area contributed by atoms with Gasteiger partial charge in [-0.15, -0.1) is 0 Å². The number of nitrogens with zero attached hydrogens (tertiary/aromatic N) is 2. The predicted molar refractivity (Wildman–Crippen MR) is 99.6 cm³/mol. The zero-order chi connectivity index (χ0) is 18.0. The van der Waals surface area contributed by atoms with Gasteiger partial charge in [0.2, 0.25) is 5.91 Å². The van der Waals surface area contributed by atoms with Crippen LogP contribution >= 0.6 is 11.6 Å². The smallest absolute Gasteiger partial charge is 0.253 e. The monoisotopic (exact) mass is 362 g/mol. The van der Waals surface area contributed by atoms with Gasteiger partial charge in [-0.2, -0.15) is 0 Å². The molecule has 1 aromatic carbocycles. The molecule has 3 rings (SSSR count). The van der Waals surface area contributed by atoms with Gasteiger partial charge in [-0.3, -0.25) is 9.59 Å². The summed E-state index contributed by atoms with van der Waals surface area (Å²) in [5, 5.41) is 0.622. The standard InChI is InChI=1S/C20H27ClN2O2/c1-14-10-15(2)12-23(11-14)20(25)17-4-3-9-22(13-17)19(24)16-5-7-18(21)8-6-16/h5-8,14-15,17H,3-4,9-13H2,1-2H3/t14-,15-,17+/m1/s1. The molecule has 2 aliphatic rings. The van der Waals surface area contributed by atoms with Gasteiger partial charge in [-0.25, -0.2) is 0 Å². The van der Waals surface area contributed by atoms with E-state index in [0.717, 1.165) is 32.5 Å². The van der Waals surface area contributed by atoms with Crippen molar-refractivity contribution in [1.29, 1.82) is 0 Å². The van der Waals surface area contributed by atoms with Crippen molar-refractivity contribution in [3.05, 3.63) is 34.9 Å². The fourth-order valence-corrected chi connectivity index (χ4v) is 4.37. The molecular weight excluding hydrogens is 336 g/mol. The molecule has 0 radical (unpaired) electrons. The van der Waals surface area contributed by atoms with Crippen LogP contribution in [0.4, 0.5) is 0 Å². The molecule has 5 heteroatoms. The molecule has 0 spiro atoms. The summed E-state index contributed by atoms with van der Waals surface area (Å²) in [5.74, 6) is 1.27. The lowest BCUT2D eigenvalue weighted by atomic mass is 9.89. The van der Waals surface area contributed by atoms with E-state index in [1.54, 1.807) is 24.3 Å². The zero-order valence-electron chi connectivity index (χ0n) is 15.1. The van der Waals surface area contributed by atoms with Crippen LogP contribution in [0.5, 0.6) is 0 Å². The number of halogens is 1. The minimum atomic E-state index is -0.0671. The predicted octanol–water partition coefficient (Wildman–Crippen LogP) is 3.70. The van der Waals surface area contributed by atoms with Crippen molar-refractivity contribution in [1.82, 2.24) is 9.80 Å². The Morgan fingerprint density at radius 3 is 2.28 bits per heavy atom. The van der Waals surface area contributed by atoms with E-state index >= 15 is 0 Å². The maximum Gasteiger partial charge on any atom is 0.253 e. The van der Waals surface area contributed by atoms with E-state index in [2.05, 4.69) is 13.8 Å². The highest BCUT2D eigenvalue weighted by Gasteiger charge is 2.34. The number of rotatable bonds is 2. The van der Waals surface area contributed by atoms with Crippen LogP contribution in [-0.4, -0.2) is 47.8 Å². The van der Waals surface area contributed by atoms with Crippen LogP contribution in [0.2, 0.25) is 5.02 Å². The molecule has 2 amide bonds. The van der Waals surface area contributed by atoms with Gasteiger partial charge in [-0.1, -0.05) is 25.4 Å². The van der Waals surface area contributed by atoms with E-state index in [-0.39, 0.29) is 17.7 Å². The van der Waals surface area contributed by atoms with Gasteiger partial charge in [0.15, 0.2) is 0 Å². The molecular formula is C20H27ClN2O2. The second kappa shape index (κ2) is 7.77. The lowest BCUT2D eigenvalue weighted by Gasteiger charge is -2.39. The SMILES string of the molecule is C[C@@H]1C[C@@H](C)CN(C(=O)[C@H]2CCCN(C(=O)c3ccc(Cl)cc3)C2)C1. The Kier molecular flexibility index (Phi) is 5.67. The Hall–Kier alpha value is -1.55. The summed E-state index contributed by atoms with van der Waals surface area (Å²) < 4.78 is 0. The van der Waals surface area contributed by atoms with Crippen LogP contribution < -0.4 is 0 Å². The molecule has 0 saturated carbocycles. The summed E-state index contributed by atoms with van der Waals surface area (Å²) in [4.78, 5) is 29.5. The molecule has 136 valence electrons. The van der Waals surface area contributed by atoms with Crippen LogP contribution in [0.3, 0.4) is 0 Å². The van der Waals surface area contributed by atoms with E-state index < -0.39 is 0 Å². The van der Waals surface area contributed by atoms with Crippen molar-refractivity contribution in [2.45, 2.75) is 33.1 Å². The first-order valence-corrected chi connectivity index (χ1v) is 9.65. The fraction of sp³-hybridized carbons (Fsp3) is 0.600. The number of amides is 2. The van der Waals surface area contributed by atoms with Crippen molar-refractivity contribution >= 4 is 23.4 Å². The van der Waals surface area contributed by atoms with Crippen LogP contribution in [0.15, 0.2) is 24.3 Å². The third kappa shape index (κ3) is 4.35. The molecule has 1 aromatic rings. The number of hydrogen-bond acceptors (Lipinski definition) is 2. The summed E-state index contributed by atoms with van der Waals surface area (Å²) in [6, 6.07) is 6.98. The molecule has 2 saturated heterocycles. The van der Waals surface area contributed by atoms with Crippen molar-refractivity contribution in [2.75, 3.05) is 26.2 Å². The number of hydrogen-bond donors (Lipinski definition) is 0. The third-order valence-electron chi connectivity index (χ3n) is 5.33. The number of carbonyl (C=O) groups is 2. The summed E-state index contributed by atoms with van der Waals surface area (Å²) >= 11 is 5.90. The molecule has 0 N–H and O–H groups in total. The molecule has 2 heterocycles. The lowest BCUT2D eigenvalue weighted by molar-refractivity contribution is -0.139. The molecule has 2 aliphatic heterocycles. The van der Waals surface area contributed by atoms with Crippen LogP contribution in [0, 0.1) is 17.8 Å². The Bertz CT molecular complexity index is 621. The molecule has 0 bridgehead atoms. The quantitative estimate of drug-likeness (QED) is 0.804. The summed E-state index contributed by atoms with van der Waals surface area (Å²) in [6.07, 6.45) is 2.95. The van der Waals surface area contributed by atoms with Crippen molar-refractivity contribution < 1.29 is 9.59 Å². The highest BCUT2D eigenvalue weighted by atomic mass is 35.5. The minimum absolute atomic E-state index is 0.00505. The first-order chi connectivity index (χ1) is 11.9. The molecule has 2 fully saturated rings. The van der Waals surface area contributed by atoms with Gasteiger partial charge >= 0.3 is 0 Å². The maximum atomic E-state index is 13.0. The summed E-state index contributed by atoms with van der Waals surface area (Å²) in [5.41, 5.74) is 0.637.